The maximum absolute atomic E-state index is 4.94. The quantitative estimate of drug-likeness (QED) is 0.111. The second kappa shape index (κ2) is 15.1. The van der Waals surface area contributed by atoms with Gasteiger partial charge in [0.15, 0.2) is 0 Å². The van der Waals surface area contributed by atoms with Gasteiger partial charge in [-0.05, 0) is 104 Å². The Bertz CT molecular complexity index is 2190. The number of fused-ring (bicyclic) bond motifs is 7. The zero-order chi connectivity index (χ0) is 38.5. The van der Waals surface area contributed by atoms with Crippen LogP contribution >= 0.6 is 11.7 Å². The molecule has 2 nitrogen and oxygen atoms in total. The molecule has 8 rings (SSSR count). The number of benzene rings is 5. The van der Waals surface area contributed by atoms with Gasteiger partial charge in [-0.15, -0.1) is 0 Å². The summed E-state index contributed by atoms with van der Waals surface area (Å²) in [5, 5.41) is 0. The molecule has 0 aliphatic heterocycles. The third-order valence-corrected chi connectivity index (χ3v) is 14.2. The smallest absolute Gasteiger partial charge is 0.113 e. The molecule has 0 saturated heterocycles. The van der Waals surface area contributed by atoms with Crippen LogP contribution in [-0.2, 0) is 23.7 Å². The predicted molar refractivity (Wildman–Crippen MR) is 237 cm³/mol. The third-order valence-electron chi connectivity index (χ3n) is 13.7. The maximum Gasteiger partial charge on any atom is 0.113 e. The molecule has 5 aromatic carbocycles. The minimum Gasteiger partial charge on any atom is -0.172 e. The van der Waals surface area contributed by atoms with Crippen molar-refractivity contribution in [1.82, 2.24) is 8.75 Å². The fraction of sp³-hybridized carbons (Fsp3) is 0.423. The predicted octanol–water partition coefficient (Wildman–Crippen LogP) is 15.2. The summed E-state index contributed by atoms with van der Waals surface area (Å²) in [6, 6.07) is 33.4. The first kappa shape index (κ1) is 37.8. The molecule has 1 heterocycles. The van der Waals surface area contributed by atoms with E-state index in [4.69, 9.17) is 8.75 Å². The summed E-state index contributed by atoms with van der Waals surface area (Å²) in [4.78, 5) is 0. The van der Waals surface area contributed by atoms with Crippen LogP contribution in [0.3, 0.4) is 0 Å². The van der Waals surface area contributed by atoms with Crippen molar-refractivity contribution in [2.24, 2.45) is 11.8 Å². The van der Waals surface area contributed by atoms with E-state index in [2.05, 4.69) is 140 Å². The van der Waals surface area contributed by atoms with Gasteiger partial charge in [0.05, 0.1) is 11.7 Å². The van der Waals surface area contributed by atoms with Crippen LogP contribution in [0, 0.1) is 11.8 Å². The zero-order valence-corrected chi connectivity index (χ0v) is 35.4. The SMILES string of the molecule is CCCCC(CC)Cc1ccc2c(c1)C(C)(C)c1cc(-c3ccc(-c4ccc5c(c4)C(C)(C)c4cc(CC(CC)CCCC)ccc4-5)c4nsnc34)ccc1-2. The molecule has 284 valence electrons. The maximum atomic E-state index is 4.94. The molecular weight excluding hydrogens is 685 g/mol. The van der Waals surface area contributed by atoms with Gasteiger partial charge in [0.2, 0.25) is 0 Å². The first-order valence-electron chi connectivity index (χ1n) is 21.4. The van der Waals surface area contributed by atoms with Crippen LogP contribution in [-0.4, -0.2) is 8.75 Å². The summed E-state index contributed by atoms with van der Waals surface area (Å²) in [7, 11) is 0. The number of nitrogens with zero attached hydrogens (tertiary/aromatic N) is 2. The molecule has 0 spiro atoms. The summed E-state index contributed by atoms with van der Waals surface area (Å²) < 4.78 is 9.88. The number of aromatic nitrogens is 2. The van der Waals surface area contributed by atoms with Crippen molar-refractivity contribution in [3.63, 3.8) is 0 Å². The van der Waals surface area contributed by atoms with Gasteiger partial charge in [-0.1, -0.05) is 180 Å². The van der Waals surface area contributed by atoms with Crippen LogP contribution in [0.15, 0.2) is 84.9 Å². The van der Waals surface area contributed by atoms with E-state index in [1.165, 1.54) is 143 Å². The van der Waals surface area contributed by atoms with E-state index in [1.807, 2.05) is 0 Å². The molecule has 0 amide bonds. The first-order valence-corrected chi connectivity index (χ1v) is 22.1. The Morgan fingerprint density at radius 1 is 0.473 bits per heavy atom. The Kier molecular flexibility index (Phi) is 10.4. The molecular formula is C52H60N2S. The zero-order valence-electron chi connectivity index (χ0n) is 34.6. The number of rotatable bonds is 14. The molecule has 0 saturated carbocycles. The first-order chi connectivity index (χ1) is 26.6. The molecule has 2 unspecified atom stereocenters. The Morgan fingerprint density at radius 3 is 1.22 bits per heavy atom. The Balaban J connectivity index is 1.09. The molecule has 55 heavy (non-hydrogen) atoms. The van der Waals surface area contributed by atoms with Crippen molar-refractivity contribution in [1.29, 1.82) is 0 Å². The fourth-order valence-electron chi connectivity index (χ4n) is 10.0. The number of hydrogen-bond acceptors (Lipinski definition) is 3. The normalized spacial score (nSPS) is 15.8. The Labute approximate surface area is 335 Å². The van der Waals surface area contributed by atoms with Gasteiger partial charge in [-0.25, -0.2) is 0 Å². The molecule has 1 aromatic heterocycles. The van der Waals surface area contributed by atoms with Crippen molar-refractivity contribution < 1.29 is 0 Å². The highest BCUT2D eigenvalue weighted by atomic mass is 32.1. The van der Waals surface area contributed by atoms with Gasteiger partial charge in [0.1, 0.15) is 11.0 Å². The van der Waals surface area contributed by atoms with Crippen molar-refractivity contribution >= 4 is 22.8 Å². The minimum atomic E-state index is -0.0660. The topological polar surface area (TPSA) is 25.8 Å². The van der Waals surface area contributed by atoms with E-state index in [0.29, 0.717) is 0 Å². The highest BCUT2D eigenvalue weighted by molar-refractivity contribution is 7.00. The van der Waals surface area contributed by atoms with Crippen LogP contribution in [0.1, 0.15) is 140 Å². The average molecular weight is 745 g/mol. The Hall–Kier alpha value is -4.08. The van der Waals surface area contributed by atoms with Gasteiger partial charge in [-0.3, -0.25) is 0 Å². The van der Waals surface area contributed by atoms with Gasteiger partial charge >= 0.3 is 0 Å². The highest BCUT2D eigenvalue weighted by Crippen LogP contribution is 2.52. The van der Waals surface area contributed by atoms with Crippen LogP contribution in [0.2, 0.25) is 0 Å². The van der Waals surface area contributed by atoms with Gasteiger partial charge in [-0.2, -0.15) is 8.75 Å². The van der Waals surface area contributed by atoms with E-state index < -0.39 is 0 Å². The monoisotopic (exact) mass is 744 g/mol. The fourth-order valence-corrected chi connectivity index (χ4v) is 10.6. The summed E-state index contributed by atoms with van der Waals surface area (Å²) >= 11 is 1.33. The molecule has 3 heteroatoms. The molecule has 6 aromatic rings. The van der Waals surface area contributed by atoms with Crippen molar-refractivity contribution in [2.75, 3.05) is 0 Å². The van der Waals surface area contributed by atoms with Crippen LogP contribution in [0.5, 0.6) is 0 Å². The molecule has 0 bridgehead atoms. The van der Waals surface area contributed by atoms with Crippen molar-refractivity contribution in [3.8, 4) is 44.5 Å². The van der Waals surface area contributed by atoms with E-state index in [9.17, 15) is 0 Å². The summed E-state index contributed by atoms with van der Waals surface area (Å²) in [5.41, 5.74) is 20.9. The largest absolute Gasteiger partial charge is 0.172 e. The lowest BCUT2D eigenvalue weighted by Crippen LogP contribution is -2.16. The molecule has 2 atom stereocenters. The van der Waals surface area contributed by atoms with Crippen LogP contribution in [0.25, 0.3) is 55.5 Å². The number of hydrogen-bond donors (Lipinski definition) is 0. The molecule has 0 fully saturated rings. The van der Waals surface area contributed by atoms with E-state index in [-0.39, 0.29) is 10.8 Å². The van der Waals surface area contributed by atoms with Crippen LogP contribution in [0.4, 0.5) is 0 Å². The second-order valence-corrected chi connectivity index (χ2v) is 18.4. The summed E-state index contributed by atoms with van der Waals surface area (Å²) in [5.74, 6) is 1.53. The lowest BCUT2D eigenvalue weighted by Gasteiger charge is -2.23. The van der Waals surface area contributed by atoms with E-state index in [0.717, 1.165) is 34.0 Å². The molecule has 2 aliphatic carbocycles. The lowest BCUT2D eigenvalue weighted by molar-refractivity contribution is 0.449. The van der Waals surface area contributed by atoms with Crippen molar-refractivity contribution in [2.45, 2.75) is 130 Å². The number of unbranched alkanes of at least 4 members (excludes halogenated alkanes) is 2. The molecule has 0 radical (unpaired) electrons. The molecule has 2 aliphatic rings. The van der Waals surface area contributed by atoms with E-state index >= 15 is 0 Å². The third kappa shape index (κ3) is 6.69. The van der Waals surface area contributed by atoms with Crippen molar-refractivity contribution in [3.05, 3.63) is 118 Å². The summed E-state index contributed by atoms with van der Waals surface area (Å²) in [6.45, 7) is 19.0. The second-order valence-electron chi connectivity index (χ2n) is 17.9. The van der Waals surface area contributed by atoms with Gasteiger partial charge < -0.3 is 0 Å². The standard InChI is InChI=1S/C52H60N2S/c1-9-13-15-33(11-3)27-35-17-21-41-43-23-19-37(31-47(43)51(5,6)45(41)29-35)39-25-26-40(50-49(39)53-55-54-50)38-20-24-44-42-22-18-36(28-34(12-4)16-14-10-2)30-46(42)52(7,8)48(44)32-38/h17-26,29-34H,9-16,27-28H2,1-8H3. The van der Waals surface area contributed by atoms with Crippen LogP contribution < -0.4 is 0 Å². The average Bonchev–Trinajstić information content (AvgIpc) is 3.84. The summed E-state index contributed by atoms with van der Waals surface area (Å²) in [6.07, 6.45) is 12.7. The lowest BCUT2D eigenvalue weighted by atomic mass is 9.80. The van der Waals surface area contributed by atoms with Gasteiger partial charge in [0, 0.05) is 22.0 Å². The van der Waals surface area contributed by atoms with E-state index in [1.54, 1.807) is 0 Å². The van der Waals surface area contributed by atoms with Gasteiger partial charge in [0.25, 0.3) is 0 Å². The molecule has 0 N–H and O–H groups in total. The highest BCUT2D eigenvalue weighted by Gasteiger charge is 2.37. The Morgan fingerprint density at radius 2 is 0.836 bits per heavy atom. The minimum absolute atomic E-state index is 0.0660.